The first kappa shape index (κ1) is 15.9. The summed E-state index contributed by atoms with van der Waals surface area (Å²) in [5, 5.41) is 3.74. The average Bonchev–Trinajstić information content (AvgIpc) is 2.59. The Balaban J connectivity index is 1.83. The van der Waals surface area contributed by atoms with E-state index < -0.39 is 0 Å². The van der Waals surface area contributed by atoms with Crippen LogP contribution in [0.3, 0.4) is 0 Å². The van der Waals surface area contributed by atoms with Crippen molar-refractivity contribution in [3.05, 3.63) is 24.5 Å². The molecule has 1 atom stereocenters. The van der Waals surface area contributed by atoms with Crippen LogP contribution in [0, 0.1) is 0 Å². The number of aromatic nitrogens is 2. The summed E-state index contributed by atoms with van der Waals surface area (Å²) in [5.41, 5.74) is 0.827. The molecule has 1 aromatic carbocycles. The van der Waals surface area contributed by atoms with Crippen LogP contribution in [-0.2, 0) is 0 Å². The Kier molecular flexibility index (Phi) is 4.85. The zero-order chi connectivity index (χ0) is 16.2. The molecule has 7 heteroatoms. The zero-order valence-corrected chi connectivity index (χ0v) is 13.9. The number of likely N-dealkylation sites (tertiary alicyclic amines) is 1. The molecule has 1 aliphatic rings. The monoisotopic (exact) mass is 332 g/mol. The van der Waals surface area contributed by atoms with Gasteiger partial charge in [-0.05, 0) is 31.4 Å². The first-order chi connectivity index (χ1) is 11.2. The molecule has 0 bridgehead atoms. The van der Waals surface area contributed by atoms with Crippen molar-refractivity contribution in [3.63, 3.8) is 0 Å². The molecular formula is C16H20N4O2S. The number of carbonyl (C=O) groups excluding carboxylic acids is 1. The molecule has 1 amide bonds. The van der Waals surface area contributed by atoms with Gasteiger partial charge in [0.2, 0.25) is 0 Å². The number of rotatable bonds is 4. The van der Waals surface area contributed by atoms with Gasteiger partial charge < -0.3 is 15.0 Å². The summed E-state index contributed by atoms with van der Waals surface area (Å²) in [6.07, 6.45) is 4.59. The van der Waals surface area contributed by atoms with E-state index in [1.165, 1.54) is 6.33 Å². The first-order valence-electron chi connectivity index (χ1n) is 7.74. The summed E-state index contributed by atoms with van der Waals surface area (Å²) < 4.78 is 6.03. The maximum Gasteiger partial charge on any atom is 0.278 e. The molecule has 1 saturated heterocycles. The first-order valence-corrected chi connectivity index (χ1v) is 8.19. The number of ether oxygens (including phenoxy) is 1. The molecular weight excluding hydrogens is 312 g/mol. The number of nitrogens with one attached hydrogen (secondary N) is 1. The molecule has 122 valence electrons. The second kappa shape index (κ2) is 7.04. The molecule has 0 aliphatic carbocycles. The molecule has 0 radical (unpaired) electrons. The Morgan fingerprint density at radius 3 is 3.09 bits per heavy atom. The van der Waals surface area contributed by atoms with Gasteiger partial charge in [-0.3, -0.25) is 4.79 Å². The topological polar surface area (TPSA) is 67.4 Å². The number of thiol groups is 1. The van der Waals surface area contributed by atoms with Gasteiger partial charge in [0.1, 0.15) is 24.5 Å². The Morgan fingerprint density at radius 1 is 1.43 bits per heavy atom. The Labute approximate surface area is 140 Å². The van der Waals surface area contributed by atoms with E-state index in [1.54, 1.807) is 4.90 Å². The molecule has 1 unspecified atom stereocenters. The van der Waals surface area contributed by atoms with Crippen LogP contribution in [-0.4, -0.2) is 46.3 Å². The maximum atomic E-state index is 11.6. The summed E-state index contributed by atoms with van der Waals surface area (Å²) in [6, 6.07) is 5.80. The van der Waals surface area contributed by atoms with Crippen molar-refractivity contribution >= 4 is 34.6 Å². The molecule has 23 heavy (non-hydrogen) atoms. The van der Waals surface area contributed by atoms with Gasteiger partial charge in [0.05, 0.1) is 16.9 Å². The van der Waals surface area contributed by atoms with E-state index in [-0.39, 0.29) is 11.3 Å². The van der Waals surface area contributed by atoms with E-state index in [2.05, 4.69) is 27.9 Å². The van der Waals surface area contributed by atoms with Gasteiger partial charge >= 0.3 is 0 Å². The van der Waals surface area contributed by atoms with Crippen LogP contribution in [0.5, 0.6) is 5.75 Å². The Bertz CT molecular complexity index is 704. The van der Waals surface area contributed by atoms with Crippen LogP contribution in [0.1, 0.15) is 19.3 Å². The minimum Gasteiger partial charge on any atom is -0.491 e. The number of fused-ring (bicyclic) bond motifs is 1. The molecule has 1 aromatic heterocycles. The number of nitrogens with zero attached hydrogens (tertiary/aromatic N) is 3. The van der Waals surface area contributed by atoms with Gasteiger partial charge in [-0.15, -0.1) is 0 Å². The predicted molar refractivity (Wildman–Crippen MR) is 93.3 cm³/mol. The van der Waals surface area contributed by atoms with Gasteiger partial charge in [0.25, 0.3) is 5.24 Å². The van der Waals surface area contributed by atoms with Gasteiger partial charge in [0.15, 0.2) is 0 Å². The predicted octanol–water partition coefficient (Wildman–Crippen LogP) is 2.95. The third kappa shape index (κ3) is 3.34. The van der Waals surface area contributed by atoms with Gasteiger partial charge in [-0.2, -0.15) is 0 Å². The fraction of sp³-hybridized carbons (Fsp3) is 0.438. The van der Waals surface area contributed by atoms with Crippen molar-refractivity contribution in [1.29, 1.82) is 0 Å². The van der Waals surface area contributed by atoms with Crippen LogP contribution in [0.2, 0.25) is 0 Å². The standard InChI is InChI=1S/C16H20N4O2S/c1-17-15-14-12(18-10-19-15)6-4-7-13(14)22-9-11-5-2-3-8-20(11)16(21)23/h4,6-7,10-11H,2-3,5,8-9H2,1H3,(H,21,23)(H,17,18,19). The second-order valence-electron chi connectivity index (χ2n) is 5.56. The number of anilines is 1. The smallest absolute Gasteiger partial charge is 0.278 e. The molecule has 2 heterocycles. The van der Waals surface area contributed by atoms with Gasteiger partial charge in [0, 0.05) is 13.6 Å². The number of hydrogen-bond donors (Lipinski definition) is 2. The molecule has 0 saturated carbocycles. The van der Waals surface area contributed by atoms with Gasteiger partial charge in [-0.25, -0.2) is 9.97 Å². The zero-order valence-electron chi connectivity index (χ0n) is 13.0. The van der Waals surface area contributed by atoms with E-state index in [0.29, 0.717) is 6.61 Å². The Morgan fingerprint density at radius 2 is 2.30 bits per heavy atom. The third-order valence-corrected chi connectivity index (χ3v) is 4.42. The van der Waals surface area contributed by atoms with E-state index in [9.17, 15) is 4.79 Å². The summed E-state index contributed by atoms with van der Waals surface area (Å²) >= 11 is 3.97. The van der Waals surface area contributed by atoms with Gasteiger partial charge in [-0.1, -0.05) is 18.7 Å². The van der Waals surface area contributed by atoms with Crippen LogP contribution >= 0.6 is 12.6 Å². The third-order valence-electron chi connectivity index (χ3n) is 4.17. The molecule has 1 N–H and O–H groups in total. The van der Waals surface area contributed by atoms with Crippen molar-refractivity contribution in [2.24, 2.45) is 0 Å². The minimum atomic E-state index is -0.185. The lowest BCUT2D eigenvalue weighted by atomic mass is 10.0. The normalized spacial score (nSPS) is 18.0. The fourth-order valence-corrected chi connectivity index (χ4v) is 3.26. The summed E-state index contributed by atoms with van der Waals surface area (Å²) in [7, 11) is 1.82. The van der Waals surface area contributed by atoms with Crippen molar-refractivity contribution in [2.45, 2.75) is 25.3 Å². The molecule has 6 nitrogen and oxygen atoms in total. The largest absolute Gasteiger partial charge is 0.491 e. The second-order valence-corrected chi connectivity index (χ2v) is 5.94. The highest BCUT2D eigenvalue weighted by Crippen LogP contribution is 2.30. The van der Waals surface area contributed by atoms with Crippen LogP contribution < -0.4 is 10.1 Å². The van der Waals surface area contributed by atoms with E-state index in [4.69, 9.17) is 4.74 Å². The highest BCUT2D eigenvalue weighted by molar-refractivity contribution is 7.96. The molecule has 0 spiro atoms. The van der Waals surface area contributed by atoms with Crippen molar-refractivity contribution < 1.29 is 9.53 Å². The molecule has 1 fully saturated rings. The lowest BCUT2D eigenvalue weighted by molar-refractivity contribution is 0.132. The van der Waals surface area contributed by atoms with Crippen molar-refractivity contribution in [3.8, 4) is 5.75 Å². The lowest BCUT2D eigenvalue weighted by Gasteiger charge is -2.34. The lowest BCUT2D eigenvalue weighted by Crippen LogP contribution is -2.44. The van der Waals surface area contributed by atoms with Crippen LogP contribution in [0.15, 0.2) is 24.5 Å². The average molecular weight is 332 g/mol. The summed E-state index contributed by atoms with van der Waals surface area (Å²) in [4.78, 5) is 21.9. The van der Waals surface area contributed by atoms with E-state index >= 15 is 0 Å². The number of carbonyl (C=O) groups is 1. The number of benzene rings is 1. The van der Waals surface area contributed by atoms with Crippen molar-refractivity contribution in [1.82, 2.24) is 14.9 Å². The number of piperidine rings is 1. The molecule has 1 aliphatic heterocycles. The highest BCUT2D eigenvalue weighted by atomic mass is 32.1. The quantitative estimate of drug-likeness (QED) is 0.843. The minimum absolute atomic E-state index is 0.0617. The number of amides is 1. The molecule has 3 rings (SSSR count). The fourth-order valence-electron chi connectivity index (χ4n) is 3.00. The SMILES string of the molecule is CNc1ncnc2cccc(OCC3CCCCN3C(=O)S)c12. The summed E-state index contributed by atoms with van der Waals surface area (Å²) in [6.45, 7) is 1.19. The highest BCUT2D eigenvalue weighted by Gasteiger charge is 2.25. The maximum absolute atomic E-state index is 11.6. The summed E-state index contributed by atoms with van der Waals surface area (Å²) in [5.74, 6) is 1.46. The van der Waals surface area contributed by atoms with Crippen LogP contribution in [0.25, 0.3) is 10.9 Å². The van der Waals surface area contributed by atoms with Crippen LogP contribution in [0.4, 0.5) is 10.6 Å². The van der Waals surface area contributed by atoms with E-state index in [1.807, 2.05) is 25.2 Å². The van der Waals surface area contributed by atoms with Crippen molar-refractivity contribution in [2.75, 3.05) is 25.5 Å². The Hall–Kier alpha value is -2.02. The van der Waals surface area contributed by atoms with E-state index in [0.717, 1.165) is 48.3 Å². The number of hydrogen-bond acceptors (Lipinski definition) is 5. The molecule has 2 aromatic rings.